The predicted molar refractivity (Wildman–Crippen MR) is 76.0 cm³/mol. The Morgan fingerprint density at radius 2 is 2.14 bits per heavy atom. The van der Waals surface area contributed by atoms with Gasteiger partial charge in [-0.25, -0.2) is 4.39 Å². The fourth-order valence-electron chi connectivity index (χ4n) is 2.59. The molecule has 5 nitrogen and oxygen atoms in total. The number of hydrogen-bond acceptors (Lipinski definition) is 4. The average molecular weight is 296 g/mol. The summed E-state index contributed by atoms with van der Waals surface area (Å²) in [6.07, 6.45) is 1.04. The smallest absolute Gasteiger partial charge is 0.256 e. The highest BCUT2D eigenvalue weighted by molar-refractivity contribution is 5.86. The molecule has 0 radical (unpaired) electrons. The molecule has 116 valence electrons. The van der Waals surface area contributed by atoms with Gasteiger partial charge in [-0.05, 0) is 18.9 Å². The van der Waals surface area contributed by atoms with Gasteiger partial charge in [0.2, 0.25) is 0 Å². The molecule has 3 N–H and O–H groups in total. The molecule has 0 spiro atoms. The number of carbonyl (C=O) groups is 1. The zero-order valence-corrected chi connectivity index (χ0v) is 11.9. The molecule has 1 fully saturated rings. The first kappa shape index (κ1) is 15.9. The fourth-order valence-corrected chi connectivity index (χ4v) is 2.59. The SMILES string of the molecule is O=C1N(Cc2ccccc2F)CCCC1(O)CNCCO. The van der Waals surface area contributed by atoms with Crippen molar-refractivity contribution in [2.24, 2.45) is 0 Å². The monoisotopic (exact) mass is 296 g/mol. The number of carbonyl (C=O) groups excluding carboxylic acids is 1. The first-order valence-corrected chi connectivity index (χ1v) is 7.13. The molecular formula is C15H21FN2O3. The van der Waals surface area contributed by atoms with Crippen LogP contribution in [0.25, 0.3) is 0 Å². The van der Waals surface area contributed by atoms with E-state index in [9.17, 15) is 14.3 Å². The van der Waals surface area contributed by atoms with Crippen LogP contribution in [0.5, 0.6) is 0 Å². The highest BCUT2D eigenvalue weighted by atomic mass is 19.1. The summed E-state index contributed by atoms with van der Waals surface area (Å²) < 4.78 is 13.7. The van der Waals surface area contributed by atoms with E-state index in [-0.39, 0.29) is 31.4 Å². The minimum absolute atomic E-state index is 0.0524. The summed E-state index contributed by atoms with van der Waals surface area (Å²) in [4.78, 5) is 13.9. The van der Waals surface area contributed by atoms with Crippen LogP contribution in [-0.2, 0) is 11.3 Å². The van der Waals surface area contributed by atoms with Crippen LogP contribution in [0.2, 0.25) is 0 Å². The van der Waals surface area contributed by atoms with Gasteiger partial charge in [-0.2, -0.15) is 0 Å². The Kier molecular flexibility index (Phi) is 5.27. The van der Waals surface area contributed by atoms with E-state index in [1.807, 2.05) is 0 Å². The molecule has 0 saturated carbocycles. The van der Waals surface area contributed by atoms with Crippen molar-refractivity contribution in [2.45, 2.75) is 25.0 Å². The van der Waals surface area contributed by atoms with Crippen LogP contribution in [0.1, 0.15) is 18.4 Å². The van der Waals surface area contributed by atoms with E-state index in [1.165, 1.54) is 11.0 Å². The molecule has 2 rings (SSSR count). The van der Waals surface area contributed by atoms with Gasteiger partial charge in [-0.1, -0.05) is 18.2 Å². The van der Waals surface area contributed by atoms with Gasteiger partial charge in [0, 0.05) is 31.7 Å². The van der Waals surface area contributed by atoms with Crippen molar-refractivity contribution in [1.82, 2.24) is 10.2 Å². The van der Waals surface area contributed by atoms with Crippen molar-refractivity contribution in [3.05, 3.63) is 35.6 Å². The molecular weight excluding hydrogens is 275 g/mol. The summed E-state index contributed by atoms with van der Waals surface area (Å²) in [6.45, 7) is 1.04. The standard InChI is InChI=1S/C15H21FN2O3/c16-13-5-2-1-4-12(13)10-18-8-3-6-15(21,14(18)20)11-17-7-9-19/h1-2,4-5,17,19,21H,3,6-11H2. The van der Waals surface area contributed by atoms with Crippen LogP contribution in [0.3, 0.4) is 0 Å². The van der Waals surface area contributed by atoms with Crippen molar-refractivity contribution in [2.75, 3.05) is 26.2 Å². The lowest BCUT2D eigenvalue weighted by molar-refractivity contribution is -0.157. The third kappa shape index (κ3) is 3.78. The number of nitrogens with zero attached hydrogens (tertiary/aromatic N) is 1. The fraction of sp³-hybridized carbons (Fsp3) is 0.533. The van der Waals surface area contributed by atoms with E-state index in [4.69, 9.17) is 5.11 Å². The van der Waals surface area contributed by atoms with E-state index >= 15 is 0 Å². The van der Waals surface area contributed by atoms with Gasteiger partial charge in [-0.3, -0.25) is 4.79 Å². The maximum absolute atomic E-state index is 13.7. The topological polar surface area (TPSA) is 72.8 Å². The molecule has 1 heterocycles. The molecule has 0 bridgehead atoms. The van der Waals surface area contributed by atoms with Gasteiger partial charge < -0.3 is 20.4 Å². The van der Waals surface area contributed by atoms with Crippen molar-refractivity contribution < 1.29 is 19.4 Å². The van der Waals surface area contributed by atoms with Gasteiger partial charge in [0.15, 0.2) is 5.60 Å². The summed E-state index contributed by atoms with van der Waals surface area (Å²) in [5, 5.41) is 22.0. The van der Waals surface area contributed by atoms with Crippen LogP contribution in [0, 0.1) is 5.82 Å². The van der Waals surface area contributed by atoms with Gasteiger partial charge in [-0.15, -0.1) is 0 Å². The second kappa shape index (κ2) is 6.98. The lowest BCUT2D eigenvalue weighted by Gasteiger charge is -2.38. The maximum Gasteiger partial charge on any atom is 0.256 e. The lowest BCUT2D eigenvalue weighted by atomic mass is 9.91. The molecule has 1 aromatic carbocycles. The molecule has 1 aromatic rings. The van der Waals surface area contributed by atoms with Crippen LogP contribution in [0.15, 0.2) is 24.3 Å². The molecule has 0 aromatic heterocycles. The zero-order chi connectivity index (χ0) is 15.3. The van der Waals surface area contributed by atoms with Crippen molar-refractivity contribution >= 4 is 5.91 Å². The second-order valence-corrected chi connectivity index (χ2v) is 5.35. The lowest BCUT2D eigenvalue weighted by Crippen LogP contribution is -2.57. The average Bonchev–Trinajstić information content (AvgIpc) is 2.47. The molecule has 21 heavy (non-hydrogen) atoms. The molecule has 1 amide bonds. The summed E-state index contributed by atoms with van der Waals surface area (Å²) in [7, 11) is 0. The van der Waals surface area contributed by atoms with Crippen LogP contribution < -0.4 is 5.32 Å². The Bertz CT molecular complexity index is 498. The molecule has 1 aliphatic rings. The van der Waals surface area contributed by atoms with E-state index < -0.39 is 5.60 Å². The largest absolute Gasteiger partial charge is 0.395 e. The number of amides is 1. The third-order valence-corrected chi connectivity index (χ3v) is 3.73. The van der Waals surface area contributed by atoms with E-state index in [2.05, 4.69) is 5.32 Å². The number of nitrogens with one attached hydrogen (secondary N) is 1. The Balaban J connectivity index is 2.04. The van der Waals surface area contributed by atoms with Crippen LogP contribution in [-0.4, -0.2) is 52.9 Å². The highest BCUT2D eigenvalue weighted by Crippen LogP contribution is 2.24. The van der Waals surface area contributed by atoms with Gasteiger partial charge in [0.05, 0.1) is 6.61 Å². The van der Waals surface area contributed by atoms with Gasteiger partial charge in [0.1, 0.15) is 5.82 Å². The number of hydrogen-bond donors (Lipinski definition) is 3. The number of aliphatic hydroxyl groups is 2. The third-order valence-electron chi connectivity index (χ3n) is 3.73. The first-order valence-electron chi connectivity index (χ1n) is 7.13. The number of piperidine rings is 1. The number of benzene rings is 1. The molecule has 1 unspecified atom stereocenters. The summed E-state index contributed by atoms with van der Waals surface area (Å²) in [6, 6.07) is 6.33. The number of aliphatic hydroxyl groups excluding tert-OH is 1. The van der Waals surface area contributed by atoms with E-state index in [1.54, 1.807) is 18.2 Å². The van der Waals surface area contributed by atoms with Crippen molar-refractivity contribution in [3.8, 4) is 0 Å². The maximum atomic E-state index is 13.7. The summed E-state index contributed by atoms with van der Waals surface area (Å²) in [5.74, 6) is -0.736. The summed E-state index contributed by atoms with van der Waals surface area (Å²) >= 11 is 0. The Morgan fingerprint density at radius 3 is 2.86 bits per heavy atom. The molecule has 0 aliphatic carbocycles. The summed E-state index contributed by atoms with van der Waals surface area (Å²) in [5.41, 5.74) is -1.03. The van der Waals surface area contributed by atoms with E-state index in [0.29, 0.717) is 31.5 Å². The number of halogens is 1. The molecule has 1 saturated heterocycles. The quantitative estimate of drug-likeness (QED) is 0.659. The second-order valence-electron chi connectivity index (χ2n) is 5.35. The minimum atomic E-state index is -1.47. The van der Waals surface area contributed by atoms with Crippen LogP contribution in [0.4, 0.5) is 4.39 Å². The van der Waals surface area contributed by atoms with Crippen molar-refractivity contribution in [3.63, 3.8) is 0 Å². The number of rotatable bonds is 6. The predicted octanol–water partition coefficient (Wildman–Crippen LogP) is 0.261. The van der Waals surface area contributed by atoms with Gasteiger partial charge in [0.25, 0.3) is 5.91 Å². The Labute approximate surface area is 123 Å². The normalized spacial score (nSPS) is 22.6. The Hall–Kier alpha value is -1.50. The Morgan fingerprint density at radius 1 is 1.38 bits per heavy atom. The first-order chi connectivity index (χ1) is 10.1. The van der Waals surface area contributed by atoms with Crippen molar-refractivity contribution in [1.29, 1.82) is 0 Å². The van der Waals surface area contributed by atoms with Crippen LogP contribution >= 0.6 is 0 Å². The molecule has 1 aliphatic heterocycles. The minimum Gasteiger partial charge on any atom is -0.395 e. The molecule has 6 heteroatoms. The number of likely N-dealkylation sites (tertiary alicyclic amines) is 1. The van der Waals surface area contributed by atoms with E-state index in [0.717, 1.165) is 0 Å². The highest BCUT2D eigenvalue weighted by Gasteiger charge is 2.41. The zero-order valence-electron chi connectivity index (χ0n) is 11.9. The molecule has 1 atom stereocenters. The van der Waals surface area contributed by atoms with Gasteiger partial charge >= 0.3 is 0 Å².